The van der Waals surface area contributed by atoms with E-state index in [4.69, 9.17) is 0 Å². The molecule has 0 radical (unpaired) electrons. The first-order valence-electron chi connectivity index (χ1n) is 12.8. The summed E-state index contributed by atoms with van der Waals surface area (Å²) in [6.45, 7) is 3.92. The Bertz CT molecular complexity index is 1310. The third-order valence-electron chi connectivity index (χ3n) is 9.21. The van der Waals surface area contributed by atoms with Crippen LogP contribution >= 0.6 is 0 Å². The predicted molar refractivity (Wildman–Crippen MR) is 128 cm³/mol. The predicted octanol–water partition coefficient (Wildman–Crippen LogP) is 2.44. The van der Waals surface area contributed by atoms with Crippen molar-refractivity contribution in [2.45, 2.75) is 45.1 Å². The van der Waals surface area contributed by atoms with Crippen molar-refractivity contribution < 1.29 is 4.79 Å². The van der Waals surface area contributed by atoms with Gasteiger partial charge in [-0.05, 0) is 68.4 Å². The highest BCUT2D eigenvalue weighted by Gasteiger charge is 2.55. The molecule has 178 valence electrons. The molecule has 4 aliphatic carbocycles. The third kappa shape index (κ3) is 3.00. The molecule has 8 nitrogen and oxygen atoms in total. The van der Waals surface area contributed by atoms with E-state index < -0.39 is 0 Å². The number of carbonyl (C=O) groups is 1. The van der Waals surface area contributed by atoms with Gasteiger partial charge in [0, 0.05) is 33.2 Å². The second-order valence-electron chi connectivity index (χ2n) is 11.4. The monoisotopic (exact) mass is 460 g/mol. The number of hydrogen-bond donors (Lipinski definition) is 0. The molecular weight excluding hydrogens is 428 g/mol. The van der Waals surface area contributed by atoms with Crippen LogP contribution in [0.4, 0.5) is 0 Å². The van der Waals surface area contributed by atoms with E-state index in [1.54, 1.807) is 11.6 Å². The van der Waals surface area contributed by atoms with Gasteiger partial charge in [-0.2, -0.15) is 0 Å². The Kier molecular flexibility index (Phi) is 4.47. The van der Waals surface area contributed by atoms with E-state index in [2.05, 4.69) is 20.0 Å². The minimum Gasteiger partial charge on any atom is -0.340 e. The van der Waals surface area contributed by atoms with Crippen LogP contribution in [0.15, 0.2) is 29.1 Å². The number of fused-ring (bicyclic) bond motifs is 3. The highest BCUT2D eigenvalue weighted by atomic mass is 16.2. The molecule has 4 bridgehead atoms. The summed E-state index contributed by atoms with van der Waals surface area (Å²) in [5.41, 5.74) is 0.735. The zero-order valence-electron chi connectivity index (χ0n) is 19.8. The minimum absolute atomic E-state index is 0.0518. The van der Waals surface area contributed by atoms with Crippen LogP contribution in [0, 0.1) is 23.2 Å². The molecule has 0 spiro atoms. The molecule has 8 heteroatoms. The van der Waals surface area contributed by atoms with Crippen molar-refractivity contribution in [1.29, 1.82) is 0 Å². The molecule has 34 heavy (non-hydrogen) atoms. The molecule has 0 atom stereocenters. The second kappa shape index (κ2) is 7.38. The van der Waals surface area contributed by atoms with Gasteiger partial charge in [0.1, 0.15) is 0 Å². The topological polar surface area (TPSA) is 75.7 Å². The summed E-state index contributed by atoms with van der Waals surface area (Å²) in [5, 5.41) is 9.45. The molecule has 1 amide bonds. The molecular formula is C26H32N6O2. The second-order valence-corrected chi connectivity index (χ2v) is 11.4. The molecule has 1 aliphatic heterocycles. The molecule has 5 fully saturated rings. The Balaban J connectivity index is 1.09. The number of rotatable bonds is 3. The number of piperazine rings is 1. The molecule has 1 saturated heterocycles. The first kappa shape index (κ1) is 20.6. The van der Waals surface area contributed by atoms with Gasteiger partial charge in [0.2, 0.25) is 11.7 Å². The van der Waals surface area contributed by atoms with Gasteiger partial charge in [0.25, 0.3) is 5.56 Å². The lowest BCUT2D eigenvalue weighted by Gasteiger charge is -2.57. The summed E-state index contributed by atoms with van der Waals surface area (Å²) in [5.74, 6) is 4.23. The zero-order chi connectivity index (χ0) is 23.0. The molecule has 5 aliphatic rings. The van der Waals surface area contributed by atoms with Crippen LogP contribution < -0.4 is 5.56 Å². The fourth-order valence-corrected chi connectivity index (χ4v) is 8.01. The van der Waals surface area contributed by atoms with Crippen molar-refractivity contribution in [3.8, 4) is 0 Å². The normalized spacial score (nSPS) is 31.1. The lowest BCUT2D eigenvalue weighted by Crippen LogP contribution is -2.58. The Morgan fingerprint density at radius 3 is 2.29 bits per heavy atom. The molecule has 3 aromatic rings. The number of para-hydroxylation sites is 1. The largest absolute Gasteiger partial charge is 0.340 e. The van der Waals surface area contributed by atoms with Gasteiger partial charge in [0.05, 0.1) is 22.9 Å². The SMILES string of the molecule is Cn1c(=O)c2ccccc2n2c(CN3CCN(C(=O)C45CC6CC(CC(C6)C4)C5)CC3)nnc12. The summed E-state index contributed by atoms with van der Waals surface area (Å²) >= 11 is 0. The Morgan fingerprint density at radius 1 is 0.971 bits per heavy atom. The van der Waals surface area contributed by atoms with Gasteiger partial charge < -0.3 is 4.90 Å². The van der Waals surface area contributed by atoms with Gasteiger partial charge in [0.15, 0.2) is 5.82 Å². The average Bonchev–Trinajstić information content (AvgIpc) is 3.25. The first-order valence-corrected chi connectivity index (χ1v) is 12.8. The molecule has 1 aromatic carbocycles. The number of aromatic nitrogens is 4. The van der Waals surface area contributed by atoms with Gasteiger partial charge in [-0.1, -0.05) is 12.1 Å². The smallest absolute Gasteiger partial charge is 0.262 e. The van der Waals surface area contributed by atoms with Crippen LogP contribution in [0.5, 0.6) is 0 Å². The van der Waals surface area contributed by atoms with Crippen molar-refractivity contribution >= 4 is 22.6 Å². The van der Waals surface area contributed by atoms with E-state index >= 15 is 0 Å². The molecule has 4 saturated carbocycles. The van der Waals surface area contributed by atoms with Crippen LogP contribution in [0.1, 0.15) is 44.3 Å². The maximum atomic E-state index is 13.7. The molecule has 8 rings (SSSR count). The number of carbonyl (C=O) groups excluding carboxylic acids is 1. The van der Waals surface area contributed by atoms with E-state index in [9.17, 15) is 9.59 Å². The number of nitrogens with zero attached hydrogens (tertiary/aromatic N) is 6. The maximum Gasteiger partial charge on any atom is 0.262 e. The van der Waals surface area contributed by atoms with Crippen molar-refractivity contribution in [2.24, 2.45) is 30.2 Å². The Labute approximate surface area is 198 Å². The highest BCUT2D eigenvalue weighted by molar-refractivity contribution is 5.83. The average molecular weight is 461 g/mol. The van der Waals surface area contributed by atoms with E-state index in [1.165, 1.54) is 19.3 Å². The van der Waals surface area contributed by atoms with Crippen LogP contribution in [-0.2, 0) is 18.4 Å². The van der Waals surface area contributed by atoms with Gasteiger partial charge in [-0.25, -0.2) is 0 Å². The number of amides is 1. The van der Waals surface area contributed by atoms with Crippen molar-refractivity contribution in [2.75, 3.05) is 26.2 Å². The van der Waals surface area contributed by atoms with Crippen LogP contribution in [-0.4, -0.2) is 61.1 Å². The number of hydrogen-bond acceptors (Lipinski definition) is 5. The molecule has 0 unspecified atom stereocenters. The summed E-state index contributed by atoms with van der Waals surface area (Å²) in [6.07, 6.45) is 7.51. The van der Waals surface area contributed by atoms with E-state index in [-0.39, 0.29) is 11.0 Å². The van der Waals surface area contributed by atoms with Gasteiger partial charge in [-0.15, -0.1) is 10.2 Å². The minimum atomic E-state index is -0.0566. The van der Waals surface area contributed by atoms with Crippen LogP contribution in [0.2, 0.25) is 0 Å². The van der Waals surface area contributed by atoms with Crippen molar-refractivity contribution in [3.63, 3.8) is 0 Å². The van der Waals surface area contributed by atoms with E-state index in [0.29, 0.717) is 23.6 Å². The van der Waals surface area contributed by atoms with Crippen LogP contribution in [0.3, 0.4) is 0 Å². The van der Waals surface area contributed by atoms with E-state index in [1.807, 2.05) is 28.7 Å². The van der Waals surface area contributed by atoms with Crippen molar-refractivity contribution in [1.82, 2.24) is 29.0 Å². The lowest BCUT2D eigenvalue weighted by atomic mass is 9.49. The summed E-state index contributed by atoms with van der Waals surface area (Å²) in [4.78, 5) is 30.9. The Morgan fingerprint density at radius 2 is 1.62 bits per heavy atom. The lowest BCUT2D eigenvalue weighted by molar-refractivity contribution is -0.159. The zero-order valence-corrected chi connectivity index (χ0v) is 19.8. The first-order chi connectivity index (χ1) is 16.5. The quantitative estimate of drug-likeness (QED) is 0.600. The van der Waals surface area contributed by atoms with Crippen molar-refractivity contribution in [3.05, 3.63) is 40.4 Å². The fraction of sp³-hybridized carbons (Fsp3) is 0.615. The van der Waals surface area contributed by atoms with Gasteiger partial charge >= 0.3 is 0 Å². The van der Waals surface area contributed by atoms with Crippen LogP contribution in [0.25, 0.3) is 16.7 Å². The standard InChI is InChI=1S/C26H32N6O2/c1-29-23(33)20-4-2-3-5-21(20)32-22(27-28-25(29)32)16-30-6-8-31(9-7-30)24(34)26-13-17-10-18(14-26)12-19(11-17)15-26/h2-5,17-19H,6-16H2,1H3. The maximum absolute atomic E-state index is 13.7. The summed E-state index contributed by atoms with van der Waals surface area (Å²) in [7, 11) is 1.75. The molecule has 2 aromatic heterocycles. The molecule has 3 heterocycles. The fourth-order valence-electron chi connectivity index (χ4n) is 8.01. The summed E-state index contributed by atoms with van der Waals surface area (Å²) < 4.78 is 3.57. The third-order valence-corrected chi connectivity index (χ3v) is 9.21. The van der Waals surface area contributed by atoms with Gasteiger partial charge in [-0.3, -0.25) is 23.5 Å². The Hall–Kier alpha value is -2.74. The van der Waals surface area contributed by atoms with E-state index in [0.717, 1.165) is 74.5 Å². The number of benzene rings is 1. The summed E-state index contributed by atoms with van der Waals surface area (Å²) in [6, 6.07) is 7.65. The highest BCUT2D eigenvalue weighted by Crippen LogP contribution is 2.60. The number of aryl methyl sites for hydroxylation is 1. The molecule has 0 N–H and O–H groups in total.